The van der Waals surface area contributed by atoms with Crippen LogP contribution in [0.15, 0.2) is 35.7 Å². The second-order valence-corrected chi connectivity index (χ2v) is 6.05. The Morgan fingerprint density at radius 2 is 2.10 bits per heavy atom. The summed E-state index contributed by atoms with van der Waals surface area (Å²) in [6.07, 6.45) is 0. The topological polar surface area (TPSA) is 34.0 Å². The van der Waals surface area contributed by atoms with E-state index in [9.17, 15) is 4.79 Å². The quantitative estimate of drug-likeness (QED) is 0.721. The Labute approximate surface area is 129 Å². The zero-order chi connectivity index (χ0) is 14.3. The number of fused-ring (bicyclic) bond motifs is 1. The van der Waals surface area contributed by atoms with E-state index in [1.807, 2.05) is 29.1 Å². The Bertz CT molecular complexity index is 807. The summed E-state index contributed by atoms with van der Waals surface area (Å²) in [7, 11) is 1.86. The normalized spacial score (nSPS) is 10.9. The van der Waals surface area contributed by atoms with E-state index in [1.165, 1.54) is 0 Å². The molecule has 2 aromatic heterocycles. The van der Waals surface area contributed by atoms with Gasteiger partial charge in [0.15, 0.2) is 0 Å². The van der Waals surface area contributed by atoms with Gasteiger partial charge in [0, 0.05) is 7.05 Å². The van der Waals surface area contributed by atoms with Crippen LogP contribution < -0.4 is 5.32 Å². The molecule has 1 aromatic carbocycles. The first-order valence-electron chi connectivity index (χ1n) is 5.86. The van der Waals surface area contributed by atoms with Crippen molar-refractivity contribution in [1.29, 1.82) is 0 Å². The maximum Gasteiger partial charge on any atom is 0.272 e. The van der Waals surface area contributed by atoms with Crippen molar-refractivity contribution in [3.05, 3.63) is 51.5 Å². The van der Waals surface area contributed by atoms with Gasteiger partial charge < -0.3 is 9.88 Å². The molecule has 0 saturated heterocycles. The Hall–Kier alpha value is -1.49. The average Bonchev–Trinajstić information content (AvgIpc) is 2.98. The second kappa shape index (κ2) is 5.13. The molecule has 0 bridgehead atoms. The van der Waals surface area contributed by atoms with E-state index in [1.54, 1.807) is 29.5 Å². The van der Waals surface area contributed by atoms with E-state index in [-0.39, 0.29) is 5.91 Å². The molecule has 3 nitrogen and oxygen atoms in total. The van der Waals surface area contributed by atoms with Crippen LogP contribution in [0.2, 0.25) is 10.0 Å². The molecular formula is C14H10Cl2N2OS. The maximum absolute atomic E-state index is 12.3. The number of anilines is 1. The first-order valence-corrected chi connectivity index (χ1v) is 7.50. The zero-order valence-corrected chi connectivity index (χ0v) is 12.8. The van der Waals surface area contributed by atoms with Gasteiger partial charge in [0.1, 0.15) is 5.69 Å². The largest absolute Gasteiger partial charge is 0.339 e. The molecule has 6 heteroatoms. The van der Waals surface area contributed by atoms with Crippen molar-refractivity contribution in [3.8, 4) is 0 Å². The summed E-state index contributed by atoms with van der Waals surface area (Å²) in [6.45, 7) is 0. The lowest BCUT2D eigenvalue weighted by atomic mass is 10.3. The van der Waals surface area contributed by atoms with Gasteiger partial charge in [-0.2, -0.15) is 0 Å². The van der Waals surface area contributed by atoms with Crippen molar-refractivity contribution in [2.45, 2.75) is 0 Å². The number of aryl methyl sites for hydroxylation is 1. The van der Waals surface area contributed by atoms with Crippen molar-refractivity contribution in [1.82, 2.24) is 4.57 Å². The summed E-state index contributed by atoms with van der Waals surface area (Å²) < 4.78 is 2.94. The molecule has 20 heavy (non-hydrogen) atoms. The Morgan fingerprint density at radius 3 is 2.85 bits per heavy atom. The molecule has 3 rings (SSSR count). The van der Waals surface area contributed by atoms with Crippen molar-refractivity contribution in [3.63, 3.8) is 0 Å². The van der Waals surface area contributed by atoms with Gasteiger partial charge in [-0.05, 0) is 29.6 Å². The fourth-order valence-corrected chi connectivity index (χ4v) is 3.25. The number of carbonyl (C=O) groups is 1. The van der Waals surface area contributed by atoms with Gasteiger partial charge in [-0.25, -0.2) is 0 Å². The number of carbonyl (C=O) groups excluding carboxylic acids is 1. The van der Waals surface area contributed by atoms with Crippen LogP contribution >= 0.6 is 34.5 Å². The number of nitrogens with zero attached hydrogens (tertiary/aromatic N) is 1. The molecule has 0 spiro atoms. The van der Waals surface area contributed by atoms with Gasteiger partial charge in [-0.15, -0.1) is 11.3 Å². The zero-order valence-electron chi connectivity index (χ0n) is 10.5. The number of hydrogen-bond acceptors (Lipinski definition) is 2. The van der Waals surface area contributed by atoms with Gasteiger partial charge in [0.05, 0.1) is 25.9 Å². The predicted molar refractivity (Wildman–Crippen MR) is 85.2 cm³/mol. The van der Waals surface area contributed by atoms with E-state index >= 15 is 0 Å². The molecular weight excluding hydrogens is 315 g/mol. The number of amides is 1. The molecule has 0 unspecified atom stereocenters. The van der Waals surface area contributed by atoms with Gasteiger partial charge in [0.2, 0.25) is 0 Å². The lowest BCUT2D eigenvalue weighted by Gasteiger charge is -2.08. The van der Waals surface area contributed by atoms with E-state index in [0.717, 1.165) is 10.2 Å². The SMILES string of the molecule is Cn1c(C(=O)Nc2cccc(Cl)c2Cl)cc2sccc21. The van der Waals surface area contributed by atoms with Crippen LogP contribution in [0, 0.1) is 0 Å². The molecule has 0 radical (unpaired) electrons. The summed E-state index contributed by atoms with van der Waals surface area (Å²) in [5.74, 6) is -0.208. The molecule has 0 aliphatic heterocycles. The Balaban J connectivity index is 1.95. The van der Waals surface area contributed by atoms with Gasteiger partial charge >= 0.3 is 0 Å². The number of thiophene rings is 1. The minimum absolute atomic E-state index is 0.208. The minimum atomic E-state index is -0.208. The maximum atomic E-state index is 12.3. The molecule has 102 valence electrons. The van der Waals surface area contributed by atoms with E-state index < -0.39 is 0 Å². The highest BCUT2D eigenvalue weighted by molar-refractivity contribution is 7.17. The van der Waals surface area contributed by atoms with Crippen molar-refractivity contribution in [2.24, 2.45) is 7.05 Å². The second-order valence-electron chi connectivity index (χ2n) is 4.31. The van der Waals surface area contributed by atoms with Crippen molar-refractivity contribution < 1.29 is 4.79 Å². The van der Waals surface area contributed by atoms with Gasteiger partial charge in [-0.1, -0.05) is 29.3 Å². The van der Waals surface area contributed by atoms with Gasteiger partial charge in [0.25, 0.3) is 5.91 Å². The van der Waals surface area contributed by atoms with Crippen LogP contribution in [0.3, 0.4) is 0 Å². The number of benzene rings is 1. The molecule has 0 saturated carbocycles. The third kappa shape index (κ3) is 2.20. The lowest BCUT2D eigenvalue weighted by Crippen LogP contribution is -2.15. The summed E-state index contributed by atoms with van der Waals surface area (Å²) in [6, 6.07) is 9.00. The molecule has 0 aliphatic carbocycles. The molecule has 3 aromatic rings. The number of rotatable bonds is 2. The lowest BCUT2D eigenvalue weighted by molar-refractivity contribution is 0.102. The molecule has 0 fully saturated rings. The highest BCUT2D eigenvalue weighted by Gasteiger charge is 2.15. The molecule has 0 aliphatic rings. The van der Waals surface area contributed by atoms with E-state index in [2.05, 4.69) is 5.32 Å². The number of hydrogen-bond donors (Lipinski definition) is 1. The minimum Gasteiger partial charge on any atom is -0.339 e. The first kappa shape index (κ1) is 13.5. The van der Waals surface area contributed by atoms with Crippen LogP contribution in [0.25, 0.3) is 10.2 Å². The fourth-order valence-electron chi connectivity index (χ4n) is 2.05. The third-order valence-corrected chi connectivity index (χ3v) is 4.77. The monoisotopic (exact) mass is 324 g/mol. The van der Waals surface area contributed by atoms with Crippen LogP contribution in [0.4, 0.5) is 5.69 Å². The van der Waals surface area contributed by atoms with Crippen LogP contribution in [0.1, 0.15) is 10.5 Å². The highest BCUT2D eigenvalue weighted by atomic mass is 35.5. The summed E-state index contributed by atoms with van der Waals surface area (Å²) in [4.78, 5) is 12.3. The molecule has 1 N–H and O–H groups in total. The fraction of sp³-hybridized carbons (Fsp3) is 0.0714. The third-order valence-electron chi connectivity index (χ3n) is 3.10. The van der Waals surface area contributed by atoms with Crippen LogP contribution in [0.5, 0.6) is 0 Å². The summed E-state index contributed by atoms with van der Waals surface area (Å²) in [5.41, 5.74) is 2.13. The summed E-state index contributed by atoms with van der Waals surface area (Å²) >= 11 is 13.6. The van der Waals surface area contributed by atoms with E-state index in [0.29, 0.717) is 21.4 Å². The number of aromatic nitrogens is 1. The van der Waals surface area contributed by atoms with Crippen LogP contribution in [-0.2, 0) is 7.05 Å². The molecule has 2 heterocycles. The van der Waals surface area contributed by atoms with E-state index in [4.69, 9.17) is 23.2 Å². The van der Waals surface area contributed by atoms with Gasteiger partial charge in [-0.3, -0.25) is 4.79 Å². The number of nitrogens with one attached hydrogen (secondary N) is 1. The van der Waals surface area contributed by atoms with Crippen LogP contribution in [-0.4, -0.2) is 10.5 Å². The number of halogens is 2. The van der Waals surface area contributed by atoms with Crippen molar-refractivity contribution >= 4 is 56.3 Å². The smallest absolute Gasteiger partial charge is 0.272 e. The first-order chi connectivity index (χ1) is 9.58. The highest BCUT2D eigenvalue weighted by Crippen LogP contribution is 2.30. The predicted octanol–water partition coefficient (Wildman–Crippen LogP) is 4.80. The Kier molecular flexibility index (Phi) is 3.46. The standard InChI is InChI=1S/C14H10Cl2N2OS/c1-18-10-5-6-20-12(10)7-11(18)14(19)17-9-4-2-3-8(15)13(9)16/h2-7H,1H3,(H,17,19). The molecule has 1 amide bonds. The average molecular weight is 325 g/mol. The summed E-state index contributed by atoms with van der Waals surface area (Å²) in [5, 5.41) is 5.55. The molecule has 0 atom stereocenters. The Morgan fingerprint density at radius 1 is 1.30 bits per heavy atom. The van der Waals surface area contributed by atoms with Crippen molar-refractivity contribution in [2.75, 3.05) is 5.32 Å².